The van der Waals surface area contributed by atoms with E-state index >= 15 is 0 Å². The highest BCUT2D eigenvalue weighted by molar-refractivity contribution is 5.61. The predicted molar refractivity (Wildman–Crippen MR) is 121 cm³/mol. The number of rotatable bonds is 6. The van der Waals surface area contributed by atoms with Crippen molar-refractivity contribution in [3.63, 3.8) is 0 Å². The second-order valence-corrected chi connectivity index (χ2v) is 8.03. The lowest BCUT2D eigenvalue weighted by molar-refractivity contribution is -0.137. The Morgan fingerprint density at radius 1 is 0.909 bits per heavy atom. The van der Waals surface area contributed by atoms with Gasteiger partial charge >= 0.3 is 6.18 Å². The molecule has 0 bridgehead atoms. The Balaban J connectivity index is 1.37. The van der Waals surface area contributed by atoms with E-state index in [0.717, 1.165) is 51.3 Å². The molecular weight excluding hydrogens is 427 g/mol. The lowest BCUT2D eigenvalue weighted by Crippen LogP contribution is -2.46. The van der Waals surface area contributed by atoms with Crippen LogP contribution in [0.4, 0.5) is 18.9 Å². The lowest BCUT2D eigenvalue weighted by Gasteiger charge is -2.36. The van der Waals surface area contributed by atoms with Crippen molar-refractivity contribution in [3.8, 4) is 17.3 Å². The van der Waals surface area contributed by atoms with E-state index < -0.39 is 11.7 Å². The Kier molecular flexibility index (Phi) is 6.90. The third-order valence-corrected chi connectivity index (χ3v) is 5.77. The van der Waals surface area contributed by atoms with Crippen LogP contribution in [0.1, 0.15) is 23.5 Å². The average Bonchev–Trinajstić information content (AvgIpc) is 2.84. The van der Waals surface area contributed by atoms with Gasteiger partial charge in [0.25, 0.3) is 0 Å². The molecule has 2 aromatic carbocycles. The molecule has 0 radical (unpaired) electrons. The van der Waals surface area contributed by atoms with E-state index in [-0.39, 0.29) is 5.82 Å². The number of hydrogen-bond acceptors (Lipinski definition) is 5. The zero-order chi connectivity index (χ0) is 23.3. The molecule has 4 rings (SSSR count). The maximum absolute atomic E-state index is 13.1. The third kappa shape index (κ3) is 5.88. The fraction of sp³-hybridized carbons (Fsp3) is 0.320. The minimum atomic E-state index is -4.44. The first-order chi connectivity index (χ1) is 15.9. The highest BCUT2D eigenvalue weighted by Gasteiger charge is 2.30. The van der Waals surface area contributed by atoms with Crippen LogP contribution in [0, 0.1) is 11.3 Å². The number of para-hydroxylation sites is 1. The monoisotopic (exact) mass is 451 g/mol. The number of halogens is 3. The molecule has 0 spiro atoms. The van der Waals surface area contributed by atoms with Crippen LogP contribution in [0.2, 0.25) is 0 Å². The summed E-state index contributed by atoms with van der Waals surface area (Å²) >= 11 is 0. The largest absolute Gasteiger partial charge is 0.416 e. The van der Waals surface area contributed by atoms with E-state index in [0.29, 0.717) is 23.4 Å². The summed E-state index contributed by atoms with van der Waals surface area (Å²) in [5.41, 5.74) is 1.82. The second kappa shape index (κ2) is 10.0. The summed E-state index contributed by atoms with van der Waals surface area (Å²) in [7, 11) is 0. The van der Waals surface area contributed by atoms with E-state index in [1.807, 2.05) is 24.3 Å². The zero-order valence-corrected chi connectivity index (χ0v) is 18.1. The van der Waals surface area contributed by atoms with Crippen LogP contribution in [0.5, 0.6) is 0 Å². The van der Waals surface area contributed by atoms with Gasteiger partial charge in [-0.3, -0.25) is 4.90 Å². The van der Waals surface area contributed by atoms with Crippen molar-refractivity contribution < 1.29 is 13.2 Å². The quantitative estimate of drug-likeness (QED) is 0.540. The van der Waals surface area contributed by atoms with Crippen LogP contribution in [0.3, 0.4) is 0 Å². The molecule has 1 fully saturated rings. The zero-order valence-electron chi connectivity index (χ0n) is 18.1. The Morgan fingerprint density at radius 2 is 1.67 bits per heavy atom. The van der Waals surface area contributed by atoms with E-state index in [1.54, 1.807) is 12.1 Å². The molecule has 170 valence electrons. The van der Waals surface area contributed by atoms with Crippen LogP contribution in [-0.4, -0.2) is 47.6 Å². The van der Waals surface area contributed by atoms with Gasteiger partial charge in [0.2, 0.25) is 5.82 Å². The van der Waals surface area contributed by atoms with Gasteiger partial charge in [-0.25, -0.2) is 9.97 Å². The smallest absolute Gasteiger partial charge is 0.369 e. The van der Waals surface area contributed by atoms with E-state index in [4.69, 9.17) is 0 Å². The van der Waals surface area contributed by atoms with Crippen molar-refractivity contribution in [2.75, 3.05) is 37.6 Å². The fourth-order valence-corrected chi connectivity index (χ4v) is 4.03. The van der Waals surface area contributed by atoms with Gasteiger partial charge in [0, 0.05) is 43.1 Å². The molecule has 8 heteroatoms. The van der Waals surface area contributed by atoms with Crippen LogP contribution in [0.25, 0.3) is 11.3 Å². The van der Waals surface area contributed by atoms with Crippen LogP contribution >= 0.6 is 0 Å². The van der Waals surface area contributed by atoms with Gasteiger partial charge in [0.15, 0.2) is 0 Å². The van der Waals surface area contributed by atoms with Crippen LogP contribution in [0.15, 0.2) is 60.7 Å². The van der Waals surface area contributed by atoms with E-state index in [9.17, 15) is 18.4 Å². The number of hydrogen-bond donors (Lipinski definition) is 0. The number of aryl methyl sites for hydroxylation is 1. The van der Waals surface area contributed by atoms with Crippen LogP contribution in [-0.2, 0) is 12.6 Å². The number of anilines is 1. The Hall–Kier alpha value is -3.44. The van der Waals surface area contributed by atoms with Crippen molar-refractivity contribution in [1.82, 2.24) is 14.9 Å². The highest BCUT2D eigenvalue weighted by Crippen LogP contribution is 2.32. The van der Waals surface area contributed by atoms with Gasteiger partial charge in [-0.2, -0.15) is 18.4 Å². The maximum Gasteiger partial charge on any atom is 0.416 e. The second-order valence-electron chi connectivity index (χ2n) is 8.03. The number of benzene rings is 2. The fourth-order valence-electron chi connectivity index (χ4n) is 4.03. The van der Waals surface area contributed by atoms with Gasteiger partial charge in [-0.05, 0) is 49.7 Å². The summed E-state index contributed by atoms with van der Waals surface area (Å²) < 4.78 is 39.2. The van der Waals surface area contributed by atoms with Gasteiger partial charge in [-0.1, -0.05) is 30.3 Å². The topological polar surface area (TPSA) is 56.1 Å². The van der Waals surface area contributed by atoms with E-state index in [2.05, 4.69) is 31.9 Å². The summed E-state index contributed by atoms with van der Waals surface area (Å²) in [6.45, 7) is 4.77. The van der Waals surface area contributed by atoms with Crippen LogP contribution < -0.4 is 4.90 Å². The maximum atomic E-state index is 13.1. The summed E-state index contributed by atoms with van der Waals surface area (Å²) in [5.74, 6) is -0.0311. The normalized spacial score (nSPS) is 14.8. The number of nitriles is 1. The molecule has 2 heterocycles. The Morgan fingerprint density at radius 3 is 2.36 bits per heavy atom. The Bertz CT molecular complexity index is 1120. The standard InChI is InChI=1S/C25H24F3N5/c26-25(27,28)20-7-4-6-19(16-20)23-17-21(30-24(18-29)31-23)8-5-11-32-12-14-33(15-13-32)22-9-2-1-3-10-22/h1-4,6-7,9-10,16-17H,5,8,11-15H2. The number of piperazine rings is 1. The van der Waals surface area contributed by atoms with Crippen molar-refractivity contribution in [3.05, 3.63) is 77.7 Å². The molecule has 1 aromatic heterocycles. The molecule has 0 amide bonds. The molecule has 1 saturated heterocycles. The summed E-state index contributed by atoms with van der Waals surface area (Å²) in [6, 6.07) is 19.0. The van der Waals surface area contributed by atoms with E-state index in [1.165, 1.54) is 11.8 Å². The first-order valence-corrected chi connectivity index (χ1v) is 10.9. The molecular formula is C25H24F3N5. The van der Waals surface area contributed by atoms with Gasteiger partial charge in [0.05, 0.1) is 11.3 Å². The summed E-state index contributed by atoms with van der Waals surface area (Å²) in [4.78, 5) is 13.2. The predicted octanol–water partition coefficient (Wildman–Crippen LogP) is 4.79. The number of alkyl halides is 3. The molecule has 0 aliphatic carbocycles. The van der Waals surface area contributed by atoms with Crippen molar-refractivity contribution in [2.45, 2.75) is 19.0 Å². The average molecular weight is 451 g/mol. The summed E-state index contributed by atoms with van der Waals surface area (Å²) in [5, 5.41) is 9.30. The first kappa shape index (κ1) is 22.7. The number of aromatic nitrogens is 2. The van der Waals surface area contributed by atoms with Crippen molar-refractivity contribution >= 4 is 5.69 Å². The minimum Gasteiger partial charge on any atom is -0.369 e. The Labute approximate surface area is 191 Å². The van der Waals surface area contributed by atoms with Gasteiger partial charge in [0.1, 0.15) is 6.07 Å². The molecule has 1 aliphatic heterocycles. The molecule has 3 aromatic rings. The highest BCUT2D eigenvalue weighted by atomic mass is 19.4. The van der Waals surface area contributed by atoms with Crippen molar-refractivity contribution in [1.29, 1.82) is 5.26 Å². The lowest BCUT2D eigenvalue weighted by atomic mass is 10.1. The third-order valence-electron chi connectivity index (χ3n) is 5.77. The van der Waals surface area contributed by atoms with Crippen molar-refractivity contribution in [2.24, 2.45) is 0 Å². The van der Waals surface area contributed by atoms with Gasteiger partial charge < -0.3 is 4.90 Å². The number of nitrogens with zero attached hydrogens (tertiary/aromatic N) is 5. The van der Waals surface area contributed by atoms with Gasteiger partial charge in [-0.15, -0.1) is 0 Å². The first-order valence-electron chi connectivity index (χ1n) is 10.9. The molecule has 0 N–H and O–H groups in total. The minimum absolute atomic E-state index is 0.0311. The molecule has 0 atom stereocenters. The molecule has 0 unspecified atom stereocenters. The molecule has 33 heavy (non-hydrogen) atoms. The SMILES string of the molecule is N#Cc1nc(CCCN2CCN(c3ccccc3)CC2)cc(-c2cccc(C(F)(F)F)c2)n1. The molecule has 0 saturated carbocycles. The molecule has 5 nitrogen and oxygen atoms in total. The molecule has 1 aliphatic rings. The summed E-state index contributed by atoms with van der Waals surface area (Å²) in [6.07, 6.45) is -2.97.